The zero-order valence-corrected chi connectivity index (χ0v) is 21.0. The molecule has 7 heteroatoms. The van der Waals surface area contributed by atoms with Gasteiger partial charge in [-0.3, -0.25) is 4.79 Å². The van der Waals surface area contributed by atoms with Crippen molar-refractivity contribution in [2.45, 2.75) is 49.1 Å². The largest absolute Gasteiger partial charge is 0.497 e. The maximum absolute atomic E-state index is 13.7. The Morgan fingerprint density at radius 1 is 1.17 bits per heavy atom. The van der Waals surface area contributed by atoms with Crippen LogP contribution in [0.4, 0.5) is 0 Å². The van der Waals surface area contributed by atoms with E-state index >= 15 is 0 Å². The minimum Gasteiger partial charge on any atom is -0.497 e. The SMILES string of the molecule is COc1ccc(C(NC(=O)c2oc3ccccc3c2CSC2CCCCC2)c2nccn2C)cc1. The maximum Gasteiger partial charge on any atom is 0.288 e. The fourth-order valence-electron chi connectivity index (χ4n) is 4.80. The third-order valence-corrected chi connectivity index (χ3v) is 8.16. The molecule has 0 spiro atoms. The molecule has 1 aliphatic rings. The number of nitrogens with zero attached hydrogens (tertiary/aromatic N) is 2. The number of amides is 1. The smallest absolute Gasteiger partial charge is 0.288 e. The van der Waals surface area contributed by atoms with Gasteiger partial charge in [0.25, 0.3) is 5.91 Å². The van der Waals surface area contributed by atoms with Crippen molar-refractivity contribution in [3.8, 4) is 5.75 Å². The first-order valence-corrected chi connectivity index (χ1v) is 13.2. The van der Waals surface area contributed by atoms with Gasteiger partial charge in [-0.15, -0.1) is 0 Å². The van der Waals surface area contributed by atoms with Crippen LogP contribution >= 0.6 is 11.8 Å². The van der Waals surface area contributed by atoms with Crippen LogP contribution in [0.3, 0.4) is 0 Å². The van der Waals surface area contributed by atoms with Crippen molar-refractivity contribution in [3.63, 3.8) is 0 Å². The number of nitrogens with one attached hydrogen (secondary N) is 1. The molecule has 0 aliphatic heterocycles. The minimum absolute atomic E-state index is 0.232. The Labute approximate surface area is 210 Å². The van der Waals surface area contributed by atoms with Crippen LogP contribution < -0.4 is 10.1 Å². The number of hydrogen-bond donors (Lipinski definition) is 1. The summed E-state index contributed by atoms with van der Waals surface area (Å²) in [5, 5.41) is 4.86. The van der Waals surface area contributed by atoms with E-state index in [0.29, 0.717) is 11.0 Å². The number of hydrogen-bond acceptors (Lipinski definition) is 5. The van der Waals surface area contributed by atoms with Crippen LogP contribution in [0.1, 0.15) is 65.7 Å². The van der Waals surface area contributed by atoms with Crippen LogP contribution in [-0.2, 0) is 12.8 Å². The van der Waals surface area contributed by atoms with E-state index in [1.807, 2.05) is 78.1 Å². The fourth-order valence-corrected chi connectivity index (χ4v) is 6.16. The highest BCUT2D eigenvalue weighted by atomic mass is 32.2. The molecule has 1 atom stereocenters. The van der Waals surface area contributed by atoms with Gasteiger partial charge in [0.05, 0.1) is 7.11 Å². The molecular weight excluding hydrogens is 458 g/mol. The number of aromatic nitrogens is 2. The van der Waals surface area contributed by atoms with E-state index in [1.165, 1.54) is 32.1 Å². The molecule has 0 saturated heterocycles. The molecule has 6 nitrogen and oxygen atoms in total. The number of ether oxygens (including phenoxy) is 1. The lowest BCUT2D eigenvalue weighted by molar-refractivity contribution is 0.0914. The number of benzene rings is 2. The van der Waals surface area contributed by atoms with Gasteiger partial charge in [0.2, 0.25) is 0 Å². The van der Waals surface area contributed by atoms with E-state index in [-0.39, 0.29) is 5.91 Å². The highest BCUT2D eigenvalue weighted by molar-refractivity contribution is 7.99. The summed E-state index contributed by atoms with van der Waals surface area (Å²) in [6.07, 6.45) is 10.0. The van der Waals surface area contributed by atoms with E-state index in [2.05, 4.69) is 10.3 Å². The zero-order valence-electron chi connectivity index (χ0n) is 20.2. The molecule has 1 N–H and O–H groups in total. The number of methoxy groups -OCH3 is 1. The Morgan fingerprint density at radius 3 is 2.66 bits per heavy atom. The van der Waals surface area contributed by atoms with Gasteiger partial charge in [-0.05, 0) is 36.6 Å². The van der Waals surface area contributed by atoms with Crippen LogP contribution in [0.5, 0.6) is 5.75 Å². The van der Waals surface area contributed by atoms with E-state index < -0.39 is 6.04 Å². The average Bonchev–Trinajstić information content (AvgIpc) is 3.50. The molecule has 4 aromatic rings. The second-order valence-electron chi connectivity index (χ2n) is 9.05. The summed E-state index contributed by atoms with van der Waals surface area (Å²) >= 11 is 1.95. The third-order valence-electron chi connectivity index (χ3n) is 6.76. The summed E-state index contributed by atoms with van der Waals surface area (Å²) in [7, 11) is 3.57. The summed E-state index contributed by atoms with van der Waals surface area (Å²) in [6.45, 7) is 0. The predicted molar refractivity (Wildman–Crippen MR) is 140 cm³/mol. The second-order valence-corrected chi connectivity index (χ2v) is 10.3. The Bertz CT molecular complexity index is 1290. The van der Waals surface area contributed by atoms with Gasteiger partial charge >= 0.3 is 0 Å². The first-order chi connectivity index (χ1) is 17.1. The molecule has 2 aromatic heterocycles. The molecular formula is C28H31N3O3S. The molecule has 1 fully saturated rings. The van der Waals surface area contributed by atoms with E-state index in [4.69, 9.17) is 9.15 Å². The Kier molecular flexibility index (Phi) is 7.13. The molecule has 182 valence electrons. The Balaban J connectivity index is 1.46. The maximum atomic E-state index is 13.7. The van der Waals surface area contributed by atoms with Gasteiger partial charge in [-0.1, -0.05) is 49.6 Å². The van der Waals surface area contributed by atoms with Crippen LogP contribution in [0.15, 0.2) is 65.3 Å². The predicted octanol–water partition coefficient (Wildman–Crippen LogP) is 6.26. The number of carbonyl (C=O) groups excluding carboxylic acids is 1. The van der Waals surface area contributed by atoms with Gasteiger partial charge in [0, 0.05) is 41.4 Å². The van der Waals surface area contributed by atoms with Crippen LogP contribution in [0.2, 0.25) is 0 Å². The second kappa shape index (κ2) is 10.6. The molecule has 35 heavy (non-hydrogen) atoms. The van der Waals surface area contributed by atoms with Gasteiger partial charge in [0.15, 0.2) is 5.76 Å². The lowest BCUT2D eigenvalue weighted by Gasteiger charge is -2.21. The van der Waals surface area contributed by atoms with Crippen molar-refractivity contribution in [2.24, 2.45) is 7.05 Å². The van der Waals surface area contributed by atoms with Gasteiger partial charge < -0.3 is 19.0 Å². The van der Waals surface area contributed by atoms with Crippen molar-refractivity contribution in [1.29, 1.82) is 0 Å². The molecule has 1 amide bonds. The first kappa shape index (κ1) is 23.5. The van der Waals surface area contributed by atoms with Crippen molar-refractivity contribution < 1.29 is 13.9 Å². The highest BCUT2D eigenvalue weighted by Crippen LogP contribution is 2.35. The van der Waals surface area contributed by atoms with Crippen molar-refractivity contribution in [2.75, 3.05) is 7.11 Å². The number of aryl methyl sites for hydroxylation is 1. The van der Waals surface area contributed by atoms with Gasteiger partial charge in [-0.2, -0.15) is 11.8 Å². The summed E-state index contributed by atoms with van der Waals surface area (Å²) in [5.41, 5.74) is 2.64. The molecule has 2 aromatic carbocycles. The van der Waals surface area contributed by atoms with Gasteiger partial charge in [0.1, 0.15) is 23.2 Å². The molecule has 2 heterocycles. The molecule has 1 saturated carbocycles. The molecule has 0 radical (unpaired) electrons. The average molecular weight is 490 g/mol. The number of thioether (sulfide) groups is 1. The highest BCUT2D eigenvalue weighted by Gasteiger charge is 2.27. The molecule has 5 rings (SSSR count). The summed E-state index contributed by atoms with van der Waals surface area (Å²) < 4.78 is 13.4. The normalized spacial score (nSPS) is 15.3. The van der Waals surface area contributed by atoms with Crippen molar-refractivity contribution in [1.82, 2.24) is 14.9 Å². The summed E-state index contributed by atoms with van der Waals surface area (Å²) in [6, 6.07) is 15.2. The molecule has 1 unspecified atom stereocenters. The van der Waals surface area contributed by atoms with E-state index in [1.54, 1.807) is 13.3 Å². The van der Waals surface area contributed by atoms with E-state index in [9.17, 15) is 4.79 Å². The van der Waals surface area contributed by atoms with Crippen LogP contribution in [0.25, 0.3) is 11.0 Å². The first-order valence-electron chi connectivity index (χ1n) is 12.2. The summed E-state index contributed by atoms with van der Waals surface area (Å²) in [5.74, 6) is 2.43. The van der Waals surface area contributed by atoms with Crippen molar-refractivity contribution >= 4 is 28.6 Å². The number of fused-ring (bicyclic) bond motifs is 1. The molecule has 1 aliphatic carbocycles. The minimum atomic E-state index is -0.430. The summed E-state index contributed by atoms with van der Waals surface area (Å²) in [4.78, 5) is 18.3. The van der Waals surface area contributed by atoms with Crippen molar-refractivity contribution in [3.05, 3.63) is 83.6 Å². The van der Waals surface area contributed by atoms with Crippen LogP contribution in [-0.4, -0.2) is 27.8 Å². The Hall–Kier alpha value is -3.19. The lowest BCUT2D eigenvalue weighted by Crippen LogP contribution is -2.31. The number of rotatable bonds is 8. The Morgan fingerprint density at radius 2 is 1.94 bits per heavy atom. The number of para-hydroxylation sites is 1. The number of imidazole rings is 1. The quantitative estimate of drug-likeness (QED) is 0.316. The monoisotopic (exact) mass is 489 g/mol. The van der Waals surface area contributed by atoms with Gasteiger partial charge in [-0.25, -0.2) is 4.98 Å². The molecule has 0 bridgehead atoms. The fraction of sp³-hybridized carbons (Fsp3) is 0.357. The lowest BCUT2D eigenvalue weighted by atomic mass is 10.0. The number of carbonyl (C=O) groups is 1. The standard InChI is InChI=1S/C28H31N3O3S/c1-31-17-16-29-27(31)25(19-12-14-20(33-2)15-13-19)30-28(32)26-23(18-35-21-8-4-3-5-9-21)22-10-6-7-11-24(22)34-26/h6-7,10-17,21,25H,3-5,8-9,18H2,1-2H3,(H,30,32). The van der Waals surface area contributed by atoms with Crippen LogP contribution in [0, 0.1) is 0 Å². The number of furan rings is 1. The topological polar surface area (TPSA) is 69.3 Å². The third kappa shape index (κ3) is 5.10. The zero-order chi connectivity index (χ0) is 24.2. The van der Waals surface area contributed by atoms with E-state index in [0.717, 1.165) is 39.4 Å².